The van der Waals surface area contributed by atoms with Crippen LogP contribution in [0.15, 0.2) is 18.2 Å². The normalized spacial score (nSPS) is 24.2. The molecule has 1 aromatic carbocycles. The van der Waals surface area contributed by atoms with Gasteiger partial charge in [0.25, 0.3) is 0 Å². The molecule has 2 fully saturated rings. The first kappa shape index (κ1) is 21.5. The van der Waals surface area contributed by atoms with E-state index < -0.39 is 5.54 Å². The lowest BCUT2D eigenvalue weighted by Crippen LogP contribution is -2.45. The van der Waals surface area contributed by atoms with Crippen LogP contribution in [0.3, 0.4) is 0 Å². The molecule has 7 nitrogen and oxygen atoms in total. The minimum atomic E-state index is -0.618. The van der Waals surface area contributed by atoms with Gasteiger partial charge in [0, 0.05) is 38.0 Å². The number of likely N-dealkylation sites (N-methyl/N-ethyl adjacent to an activating group) is 1. The Morgan fingerprint density at radius 3 is 2.86 bits per heavy atom. The number of methoxy groups -OCH3 is 1. The van der Waals surface area contributed by atoms with Crippen LogP contribution in [0, 0.1) is 5.82 Å². The summed E-state index contributed by atoms with van der Waals surface area (Å²) < 4.78 is 30.5. The van der Waals surface area contributed by atoms with Crippen molar-refractivity contribution in [3.8, 4) is 5.75 Å². The Labute approximate surface area is 170 Å². The molecule has 2 saturated heterocycles. The number of hydrogen-bond acceptors (Lipinski definition) is 5. The molecular formula is C21H29FN2O5. The number of carbonyl (C=O) groups is 2. The lowest BCUT2D eigenvalue weighted by atomic mass is 9.84. The summed E-state index contributed by atoms with van der Waals surface area (Å²) in [5.74, 6) is -0.0217. The quantitative estimate of drug-likeness (QED) is 0.708. The van der Waals surface area contributed by atoms with Crippen LogP contribution in [-0.2, 0) is 25.5 Å². The Balaban J connectivity index is 1.61. The third kappa shape index (κ3) is 5.67. The van der Waals surface area contributed by atoms with Gasteiger partial charge in [-0.1, -0.05) is 6.07 Å². The van der Waals surface area contributed by atoms with Crippen LogP contribution in [0.1, 0.15) is 31.2 Å². The fraction of sp³-hybridized carbons (Fsp3) is 0.619. The van der Waals surface area contributed by atoms with Gasteiger partial charge in [-0.3, -0.25) is 9.59 Å². The molecule has 2 aliphatic heterocycles. The van der Waals surface area contributed by atoms with Crippen LogP contribution >= 0.6 is 0 Å². The number of hydrogen-bond donors (Lipinski definition) is 1. The fourth-order valence-electron chi connectivity index (χ4n) is 3.93. The predicted molar refractivity (Wildman–Crippen MR) is 104 cm³/mol. The number of carbonyl (C=O) groups excluding carboxylic acids is 2. The largest absolute Gasteiger partial charge is 0.497 e. The first-order valence-electron chi connectivity index (χ1n) is 9.97. The van der Waals surface area contributed by atoms with Crippen molar-refractivity contribution in [3.63, 3.8) is 0 Å². The van der Waals surface area contributed by atoms with Crippen molar-refractivity contribution < 1.29 is 28.2 Å². The molecule has 0 saturated carbocycles. The van der Waals surface area contributed by atoms with E-state index in [-0.39, 0.29) is 30.2 Å². The highest BCUT2D eigenvalue weighted by Gasteiger charge is 2.38. The molecule has 2 aliphatic rings. The van der Waals surface area contributed by atoms with Crippen molar-refractivity contribution in [2.75, 3.05) is 40.5 Å². The first-order chi connectivity index (χ1) is 13.9. The molecule has 0 aliphatic carbocycles. The smallest absolute Gasteiger partial charge is 0.222 e. The van der Waals surface area contributed by atoms with E-state index in [2.05, 4.69) is 5.32 Å². The lowest BCUT2D eigenvalue weighted by molar-refractivity contribution is -0.136. The second-order valence-electron chi connectivity index (χ2n) is 7.80. The summed E-state index contributed by atoms with van der Waals surface area (Å²) in [7, 11) is 3.23. The van der Waals surface area contributed by atoms with E-state index in [0.29, 0.717) is 63.4 Å². The number of halogens is 1. The van der Waals surface area contributed by atoms with Gasteiger partial charge in [-0.25, -0.2) is 4.39 Å². The maximum Gasteiger partial charge on any atom is 0.222 e. The van der Waals surface area contributed by atoms with Gasteiger partial charge in [-0.15, -0.1) is 0 Å². The second kappa shape index (κ2) is 9.54. The summed E-state index contributed by atoms with van der Waals surface area (Å²) in [6.07, 6.45) is 1.90. The lowest BCUT2D eigenvalue weighted by Gasteiger charge is -2.31. The van der Waals surface area contributed by atoms with E-state index in [1.54, 1.807) is 24.1 Å². The molecule has 2 heterocycles. The Morgan fingerprint density at radius 1 is 1.41 bits per heavy atom. The van der Waals surface area contributed by atoms with E-state index in [4.69, 9.17) is 14.2 Å². The highest BCUT2D eigenvalue weighted by Crippen LogP contribution is 2.31. The number of nitrogens with one attached hydrogen (secondary N) is 1. The van der Waals surface area contributed by atoms with E-state index in [1.165, 1.54) is 13.2 Å². The van der Waals surface area contributed by atoms with Gasteiger partial charge in [-0.05, 0) is 30.9 Å². The first-order valence-corrected chi connectivity index (χ1v) is 9.97. The summed E-state index contributed by atoms with van der Waals surface area (Å²) in [6.45, 7) is 2.06. The molecule has 2 amide bonds. The van der Waals surface area contributed by atoms with Gasteiger partial charge in [0.1, 0.15) is 11.6 Å². The standard InChI is InChI=1S/C21H29FN2O5/c1-24(13-17-14-28-9-10-29-17)20(26)6-8-21(7-5-19(25)23-21)12-15-3-4-16(27-2)11-18(15)22/h3-4,11,17H,5-10,12-14H2,1-2H3,(H,23,25). The van der Waals surface area contributed by atoms with Crippen molar-refractivity contribution in [3.05, 3.63) is 29.6 Å². The van der Waals surface area contributed by atoms with Crippen molar-refractivity contribution >= 4 is 11.8 Å². The molecule has 2 unspecified atom stereocenters. The van der Waals surface area contributed by atoms with Gasteiger partial charge >= 0.3 is 0 Å². The van der Waals surface area contributed by atoms with Crippen LogP contribution in [0.2, 0.25) is 0 Å². The summed E-state index contributed by atoms with van der Waals surface area (Å²) >= 11 is 0. The SMILES string of the molecule is COc1ccc(CC2(CCC(=O)N(C)CC3COCCO3)CCC(=O)N2)c(F)c1. The zero-order valence-electron chi connectivity index (χ0n) is 17.0. The van der Waals surface area contributed by atoms with Gasteiger partial charge < -0.3 is 24.4 Å². The third-order valence-electron chi connectivity index (χ3n) is 5.63. The van der Waals surface area contributed by atoms with Crippen molar-refractivity contribution in [1.82, 2.24) is 10.2 Å². The average Bonchev–Trinajstić information content (AvgIpc) is 3.09. The Bertz CT molecular complexity index is 738. The van der Waals surface area contributed by atoms with Crippen LogP contribution in [0.4, 0.5) is 4.39 Å². The monoisotopic (exact) mass is 408 g/mol. The molecule has 29 heavy (non-hydrogen) atoms. The van der Waals surface area contributed by atoms with E-state index in [1.807, 2.05) is 0 Å². The Hall–Kier alpha value is -2.19. The predicted octanol–water partition coefficient (Wildman–Crippen LogP) is 1.68. The van der Waals surface area contributed by atoms with E-state index in [0.717, 1.165) is 0 Å². The molecule has 3 rings (SSSR count). The topological polar surface area (TPSA) is 77.1 Å². The Morgan fingerprint density at radius 2 is 2.24 bits per heavy atom. The van der Waals surface area contributed by atoms with Crippen LogP contribution < -0.4 is 10.1 Å². The van der Waals surface area contributed by atoms with Crippen molar-refractivity contribution in [2.24, 2.45) is 0 Å². The molecule has 0 spiro atoms. The third-order valence-corrected chi connectivity index (χ3v) is 5.63. The minimum absolute atomic E-state index is 0.0325. The number of nitrogens with zero attached hydrogens (tertiary/aromatic N) is 1. The van der Waals surface area contributed by atoms with Gasteiger partial charge in [-0.2, -0.15) is 0 Å². The minimum Gasteiger partial charge on any atom is -0.497 e. The van der Waals surface area contributed by atoms with Gasteiger partial charge in [0.2, 0.25) is 11.8 Å². The van der Waals surface area contributed by atoms with Crippen LogP contribution in [-0.4, -0.2) is 68.9 Å². The fourth-order valence-corrected chi connectivity index (χ4v) is 3.93. The second-order valence-corrected chi connectivity index (χ2v) is 7.80. The summed E-state index contributed by atoms with van der Waals surface area (Å²) in [5.41, 5.74) is -0.116. The maximum absolute atomic E-state index is 14.5. The van der Waals surface area contributed by atoms with Gasteiger partial charge in [0.15, 0.2) is 0 Å². The van der Waals surface area contributed by atoms with Gasteiger partial charge in [0.05, 0.1) is 33.0 Å². The zero-order valence-corrected chi connectivity index (χ0v) is 17.0. The van der Waals surface area contributed by atoms with Crippen molar-refractivity contribution in [2.45, 2.75) is 43.7 Å². The molecule has 160 valence electrons. The van der Waals surface area contributed by atoms with E-state index >= 15 is 0 Å². The highest BCUT2D eigenvalue weighted by molar-refractivity contribution is 5.80. The molecule has 8 heteroatoms. The van der Waals surface area contributed by atoms with Crippen molar-refractivity contribution in [1.29, 1.82) is 0 Å². The molecule has 0 bridgehead atoms. The molecule has 0 radical (unpaired) electrons. The molecule has 1 aromatic rings. The van der Waals surface area contributed by atoms with Crippen LogP contribution in [0.5, 0.6) is 5.75 Å². The molecular weight excluding hydrogens is 379 g/mol. The summed E-state index contributed by atoms with van der Waals surface area (Å²) in [6, 6.07) is 4.72. The summed E-state index contributed by atoms with van der Waals surface area (Å²) in [4.78, 5) is 26.2. The molecule has 0 aromatic heterocycles. The summed E-state index contributed by atoms with van der Waals surface area (Å²) in [5, 5.41) is 3.00. The average molecular weight is 408 g/mol. The number of benzene rings is 1. The molecule has 2 atom stereocenters. The Kier molecular flexibility index (Phi) is 7.08. The zero-order chi connectivity index (χ0) is 20.9. The maximum atomic E-state index is 14.5. The number of amides is 2. The van der Waals surface area contributed by atoms with Crippen LogP contribution in [0.25, 0.3) is 0 Å². The number of rotatable bonds is 8. The highest BCUT2D eigenvalue weighted by atomic mass is 19.1. The molecule has 1 N–H and O–H groups in total. The number of ether oxygens (including phenoxy) is 3. The van der Waals surface area contributed by atoms with E-state index in [9.17, 15) is 14.0 Å².